The molecule has 0 aliphatic rings. The molecule has 0 radical (unpaired) electrons. The molecule has 2 N–H and O–H groups in total. The van der Waals surface area contributed by atoms with Crippen molar-refractivity contribution in [3.8, 4) is 0 Å². The first kappa shape index (κ1) is 18.8. The van der Waals surface area contributed by atoms with Crippen LogP contribution in [0.25, 0.3) is 0 Å². The molecule has 2 atom stereocenters. The molecular formula is C14H16I2O5. The second-order valence-electron chi connectivity index (χ2n) is 4.41. The van der Waals surface area contributed by atoms with Gasteiger partial charge in [0.05, 0.1) is 12.2 Å². The molecule has 2 unspecified atom stereocenters. The van der Waals surface area contributed by atoms with Gasteiger partial charge in [-0.3, -0.25) is 0 Å². The van der Waals surface area contributed by atoms with Crippen LogP contribution in [0.15, 0.2) is 30.4 Å². The lowest BCUT2D eigenvalue weighted by molar-refractivity contribution is -0.105. The lowest BCUT2D eigenvalue weighted by atomic mass is 10.2. The first-order chi connectivity index (χ1) is 9.81. The Balaban J connectivity index is 2.43. The molecular weight excluding hydrogens is 502 g/mol. The lowest BCUT2D eigenvalue weighted by Gasteiger charge is -2.15. The second-order valence-corrected chi connectivity index (χ2v) is 6.82. The van der Waals surface area contributed by atoms with E-state index in [4.69, 9.17) is 9.47 Å². The summed E-state index contributed by atoms with van der Waals surface area (Å²) in [5.74, 6) is -0.504. The molecule has 1 aromatic rings. The van der Waals surface area contributed by atoms with Crippen molar-refractivity contribution in [1.29, 1.82) is 0 Å². The van der Waals surface area contributed by atoms with Crippen molar-refractivity contribution in [2.24, 2.45) is 0 Å². The Kier molecular flexibility index (Phi) is 8.09. The molecule has 5 nitrogen and oxygen atoms in total. The van der Waals surface area contributed by atoms with E-state index >= 15 is 0 Å². The summed E-state index contributed by atoms with van der Waals surface area (Å²) >= 11 is 4.21. The van der Waals surface area contributed by atoms with Crippen LogP contribution in [0.3, 0.4) is 0 Å². The van der Waals surface area contributed by atoms with Gasteiger partial charge in [-0.2, -0.15) is 0 Å². The van der Waals surface area contributed by atoms with Gasteiger partial charge >= 0.3 is 5.97 Å². The van der Waals surface area contributed by atoms with Crippen molar-refractivity contribution in [2.75, 3.05) is 13.2 Å². The fraction of sp³-hybridized carbons (Fsp3) is 0.357. The predicted octanol–water partition coefficient (Wildman–Crippen LogP) is 2.32. The van der Waals surface area contributed by atoms with Crippen LogP contribution in [0.2, 0.25) is 0 Å². The zero-order valence-electron chi connectivity index (χ0n) is 11.4. The van der Waals surface area contributed by atoms with Gasteiger partial charge in [0.2, 0.25) is 0 Å². The minimum absolute atomic E-state index is 0.148. The summed E-state index contributed by atoms with van der Waals surface area (Å²) in [4.78, 5) is 11.9. The van der Waals surface area contributed by atoms with Crippen molar-refractivity contribution < 1.29 is 24.5 Å². The van der Waals surface area contributed by atoms with E-state index in [-0.39, 0.29) is 13.2 Å². The van der Waals surface area contributed by atoms with Gasteiger partial charge in [0, 0.05) is 7.14 Å². The average Bonchev–Trinajstić information content (AvgIpc) is 2.41. The molecule has 7 heteroatoms. The van der Waals surface area contributed by atoms with E-state index < -0.39 is 18.4 Å². The average molecular weight is 518 g/mol. The summed E-state index contributed by atoms with van der Waals surface area (Å²) in [6.45, 7) is 4.77. The zero-order chi connectivity index (χ0) is 16.0. The normalized spacial score (nSPS) is 13.6. The van der Waals surface area contributed by atoms with E-state index in [1.54, 1.807) is 13.0 Å². The molecule has 1 rings (SSSR count). The van der Waals surface area contributed by atoms with Crippen LogP contribution in [-0.2, 0) is 9.47 Å². The van der Waals surface area contributed by atoms with Crippen molar-refractivity contribution in [2.45, 2.75) is 19.3 Å². The molecule has 0 fully saturated rings. The van der Waals surface area contributed by atoms with Crippen LogP contribution in [0.1, 0.15) is 17.3 Å². The van der Waals surface area contributed by atoms with E-state index in [0.29, 0.717) is 11.1 Å². The molecule has 21 heavy (non-hydrogen) atoms. The second kappa shape index (κ2) is 9.03. The molecule has 0 bridgehead atoms. The summed E-state index contributed by atoms with van der Waals surface area (Å²) in [5, 5.41) is 19.0. The fourth-order valence-electron chi connectivity index (χ4n) is 1.30. The number of rotatable bonds is 7. The molecule has 116 valence electrons. The largest absolute Gasteiger partial charge is 0.459 e. The van der Waals surface area contributed by atoms with Gasteiger partial charge in [0.25, 0.3) is 0 Å². The summed E-state index contributed by atoms with van der Waals surface area (Å²) < 4.78 is 11.8. The maximum absolute atomic E-state index is 11.9. The number of carbonyl (C=O) groups excluding carboxylic acids is 1. The zero-order valence-corrected chi connectivity index (χ0v) is 15.7. The summed E-state index contributed by atoms with van der Waals surface area (Å²) in [6.07, 6.45) is -2.14. The minimum Gasteiger partial charge on any atom is -0.459 e. The predicted molar refractivity (Wildman–Crippen MR) is 94.9 cm³/mol. The Hall–Kier alpha value is -0.230. The van der Waals surface area contributed by atoms with Crippen molar-refractivity contribution in [3.63, 3.8) is 0 Å². The van der Waals surface area contributed by atoms with Gasteiger partial charge in [-0.15, -0.1) is 0 Å². The highest BCUT2D eigenvalue weighted by Crippen LogP contribution is 2.17. The first-order valence-electron chi connectivity index (χ1n) is 6.06. The lowest BCUT2D eigenvalue weighted by Crippen LogP contribution is -2.27. The smallest absolute Gasteiger partial charge is 0.339 e. The number of aliphatic hydroxyl groups is 2. The topological polar surface area (TPSA) is 76.0 Å². The molecule has 0 saturated heterocycles. The van der Waals surface area contributed by atoms with Gasteiger partial charge in [-0.05, 0) is 75.9 Å². The highest BCUT2D eigenvalue weighted by molar-refractivity contribution is 14.1. The van der Waals surface area contributed by atoms with Gasteiger partial charge < -0.3 is 19.7 Å². The number of hydrogen-bond donors (Lipinski definition) is 2. The van der Waals surface area contributed by atoms with Crippen LogP contribution in [0.4, 0.5) is 0 Å². The summed E-state index contributed by atoms with van der Waals surface area (Å²) in [5.41, 5.74) is 0.888. The number of esters is 1. The number of hydrogen-bond acceptors (Lipinski definition) is 5. The molecule has 0 aliphatic carbocycles. The third-order valence-electron chi connectivity index (χ3n) is 2.43. The van der Waals surface area contributed by atoms with Gasteiger partial charge in [0.1, 0.15) is 12.7 Å². The Morgan fingerprint density at radius 2 is 2.00 bits per heavy atom. The van der Waals surface area contributed by atoms with Gasteiger partial charge in [-0.1, -0.05) is 6.58 Å². The van der Waals surface area contributed by atoms with Crippen LogP contribution >= 0.6 is 45.2 Å². The standard InChI is InChI=1S/C14H16I2O5/c1-8(2)13(18)20-6-10(17)7-21-14(19)11-4-3-9(15)5-12(11)16/h3-5,10,13,17-18H,1,6-7H2,2H3. The van der Waals surface area contributed by atoms with Crippen LogP contribution in [0, 0.1) is 7.14 Å². The third kappa shape index (κ3) is 6.59. The molecule has 0 amide bonds. The van der Waals surface area contributed by atoms with Gasteiger partial charge in [0.15, 0.2) is 6.29 Å². The van der Waals surface area contributed by atoms with Crippen LogP contribution in [0.5, 0.6) is 0 Å². The Morgan fingerprint density at radius 3 is 2.57 bits per heavy atom. The van der Waals surface area contributed by atoms with E-state index in [1.807, 2.05) is 12.1 Å². The number of ether oxygens (including phenoxy) is 2. The quantitative estimate of drug-likeness (QED) is 0.251. The number of halogens is 2. The highest BCUT2D eigenvalue weighted by Gasteiger charge is 2.15. The molecule has 0 heterocycles. The number of aliphatic hydroxyl groups excluding tert-OH is 2. The highest BCUT2D eigenvalue weighted by atomic mass is 127. The van der Waals surface area contributed by atoms with Crippen molar-refractivity contribution >= 4 is 51.2 Å². The maximum atomic E-state index is 11.9. The first-order valence-corrected chi connectivity index (χ1v) is 8.22. The van der Waals surface area contributed by atoms with Crippen LogP contribution in [-0.4, -0.2) is 41.8 Å². The molecule has 0 aliphatic heterocycles. The van der Waals surface area contributed by atoms with Gasteiger partial charge in [-0.25, -0.2) is 4.79 Å². The molecule has 0 aromatic heterocycles. The number of benzene rings is 1. The molecule has 0 spiro atoms. The Morgan fingerprint density at radius 1 is 1.33 bits per heavy atom. The molecule has 0 saturated carbocycles. The minimum atomic E-state index is -1.13. The Labute approximate surface area is 150 Å². The van der Waals surface area contributed by atoms with E-state index in [0.717, 1.165) is 7.14 Å². The summed E-state index contributed by atoms with van der Waals surface area (Å²) in [6, 6.07) is 5.35. The monoisotopic (exact) mass is 518 g/mol. The fourth-order valence-corrected chi connectivity index (χ4v) is 3.12. The maximum Gasteiger partial charge on any atom is 0.339 e. The Bertz CT molecular complexity index is 518. The van der Waals surface area contributed by atoms with Crippen molar-refractivity contribution in [3.05, 3.63) is 43.1 Å². The van der Waals surface area contributed by atoms with E-state index in [1.165, 1.54) is 0 Å². The number of carbonyl (C=O) groups is 1. The molecule has 1 aromatic carbocycles. The third-order valence-corrected chi connectivity index (χ3v) is 3.99. The van der Waals surface area contributed by atoms with E-state index in [2.05, 4.69) is 51.8 Å². The van der Waals surface area contributed by atoms with Crippen LogP contribution < -0.4 is 0 Å². The SMILES string of the molecule is C=C(C)C(O)OCC(O)COC(=O)c1ccc(I)cc1I. The van der Waals surface area contributed by atoms with Crippen molar-refractivity contribution in [1.82, 2.24) is 0 Å². The summed E-state index contributed by atoms with van der Waals surface area (Å²) in [7, 11) is 0. The van der Waals surface area contributed by atoms with E-state index in [9.17, 15) is 15.0 Å².